The van der Waals surface area contributed by atoms with Gasteiger partial charge in [-0.1, -0.05) is 248 Å². The van der Waals surface area contributed by atoms with E-state index in [1.807, 2.05) is 6.07 Å². The number of aromatic nitrogens is 5. The van der Waals surface area contributed by atoms with E-state index >= 15 is 0 Å². The van der Waals surface area contributed by atoms with Crippen molar-refractivity contribution in [3.63, 3.8) is 0 Å². The minimum Gasteiger partial charge on any atom is -0.309 e. The minimum atomic E-state index is 0.528. The summed E-state index contributed by atoms with van der Waals surface area (Å²) in [6.45, 7) is 2.17. The Hall–Kier alpha value is -13.9. The summed E-state index contributed by atoms with van der Waals surface area (Å²) in [7, 11) is 0. The molecule has 5 aromatic heterocycles. The van der Waals surface area contributed by atoms with Crippen molar-refractivity contribution in [1.82, 2.24) is 23.3 Å². The topological polar surface area (TPSA) is 56.4 Å². The second-order valence-electron chi connectivity index (χ2n) is 26.9. The Morgan fingerprint density at radius 1 is 0.243 bits per heavy atom. The molecule has 103 heavy (non-hydrogen) atoms. The maximum atomic E-state index is 13.0. The second-order valence-corrected chi connectivity index (χ2v) is 26.9. The molecule has 20 rings (SSSR count). The van der Waals surface area contributed by atoms with Crippen LogP contribution in [-0.4, -0.2) is 23.3 Å². The smallest absolute Gasteiger partial charge is 0.100 e. The van der Waals surface area contributed by atoms with Crippen LogP contribution in [0, 0.1) is 18.3 Å². The van der Waals surface area contributed by atoms with Gasteiger partial charge in [-0.2, -0.15) is 5.26 Å². The normalized spacial score (nSPS) is 11.7. The largest absolute Gasteiger partial charge is 0.309 e. The van der Waals surface area contributed by atoms with E-state index < -0.39 is 0 Å². The van der Waals surface area contributed by atoms with Crippen LogP contribution in [0.15, 0.2) is 358 Å². The number of rotatable bonds is 11. The summed E-state index contributed by atoms with van der Waals surface area (Å²) in [5.74, 6) is 0. The van der Waals surface area contributed by atoms with Crippen molar-refractivity contribution in [3.8, 4) is 107 Å². The Bertz CT molecular complexity index is 6660. The molecular weight excluding hydrogens is 1250 g/mol. The van der Waals surface area contributed by atoms with Gasteiger partial charge >= 0.3 is 0 Å². The number of hydrogen-bond donors (Lipinski definition) is 0. The molecule has 20 aromatic rings. The third-order valence-electron chi connectivity index (χ3n) is 21.1. The first-order valence-electron chi connectivity index (χ1n) is 35.2. The van der Waals surface area contributed by atoms with Gasteiger partial charge in [0.2, 0.25) is 0 Å². The van der Waals surface area contributed by atoms with Crippen molar-refractivity contribution < 1.29 is 0 Å². The lowest BCUT2D eigenvalue weighted by Crippen LogP contribution is -2.05. The molecular formula is C97H62N6. The predicted molar refractivity (Wildman–Crippen MR) is 429 cm³/mol. The predicted octanol–water partition coefficient (Wildman–Crippen LogP) is 25.3. The fourth-order valence-corrected chi connectivity index (χ4v) is 16.6. The van der Waals surface area contributed by atoms with E-state index in [0.717, 1.165) is 145 Å². The Morgan fingerprint density at radius 3 is 0.893 bits per heavy atom. The molecule has 0 unspecified atom stereocenters. The third-order valence-corrected chi connectivity index (χ3v) is 21.1. The van der Waals surface area contributed by atoms with Crippen LogP contribution in [0.3, 0.4) is 0 Å². The van der Waals surface area contributed by atoms with Crippen molar-refractivity contribution in [1.29, 1.82) is 5.26 Å². The fourth-order valence-electron chi connectivity index (χ4n) is 16.6. The lowest BCUT2D eigenvalue weighted by Gasteiger charge is -2.27. The first kappa shape index (κ1) is 59.2. The Kier molecular flexibility index (Phi) is 13.8. The molecule has 5 heterocycles. The van der Waals surface area contributed by atoms with Gasteiger partial charge in [-0.3, -0.25) is 0 Å². The minimum absolute atomic E-state index is 0.528. The van der Waals surface area contributed by atoms with Gasteiger partial charge in [-0.25, -0.2) is 4.98 Å². The zero-order valence-corrected chi connectivity index (χ0v) is 56.2. The number of pyridine rings is 1. The zero-order valence-electron chi connectivity index (χ0n) is 56.2. The average molecular weight is 1310 g/mol. The van der Waals surface area contributed by atoms with Gasteiger partial charge in [0, 0.05) is 93.7 Å². The molecule has 0 N–H and O–H groups in total. The van der Waals surface area contributed by atoms with Gasteiger partial charge in [-0.15, -0.1) is 0 Å². The average Bonchev–Trinajstić information content (AvgIpc) is 1.67. The Balaban J connectivity index is 0.924. The van der Waals surface area contributed by atoms with E-state index in [1.54, 1.807) is 0 Å². The molecule has 0 fully saturated rings. The number of fused-ring (bicyclic) bond motifs is 12. The lowest BCUT2D eigenvalue weighted by atomic mass is 9.75. The maximum Gasteiger partial charge on any atom is 0.100 e. The molecule has 0 bridgehead atoms. The summed E-state index contributed by atoms with van der Waals surface area (Å²) < 4.78 is 9.52. The first-order chi connectivity index (χ1) is 51.0. The van der Waals surface area contributed by atoms with Crippen LogP contribution in [0.25, 0.3) is 188 Å². The van der Waals surface area contributed by atoms with Gasteiger partial charge in [0.1, 0.15) is 6.07 Å². The van der Waals surface area contributed by atoms with E-state index in [9.17, 15) is 5.26 Å². The summed E-state index contributed by atoms with van der Waals surface area (Å²) in [6.07, 6.45) is 0. The maximum absolute atomic E-state index is 13.0. The van der Waals surface area contributed by atoms with Gasteiger partial charge in [-0.05, 0) is 161 Å². The number of nitriles is 1. The fraction of sp³-hybridized carbons (Fsp3) is 0.0103. The van der Waals surface area contributed by atoms with Crippen molar-refractivity contribution in [2.24, 2.45) is 0 Å². The molecule has 0 saturated carbocycles. The number of aryl methyl sites for hydroxylation is 1. The van der Waals surface area contributed by atoms with Crippen LogP contribution in [0.2, 0.25) is 0 Å². The molecule has 0 saturated heterocycles. The van der Waals surface area contributed by atoms with Gasteiger partial charge in [0.05, 0.1) is 61.1 Å². The summed E-state index contributed by atoms with van der Waals surface area (Å²) in [6, 6.07) is 132. The number of hydrogen-bond acceptors (Lipinski definition) is 2. The van der Waals surface area contributed by atoms with Crippen LogP contribution in [0.1, 0.15) is 11.1 Å². The third kappa shape index (κ3) is 9.45. The van der Waals surface area contributed by atoms with Crippen molar-refractivity contribution in [2.75, 3.05) is 0 Å². The Labute approximate surface area is 595 Å². The van der Waals surface area contributed by atoms with E-state index in [0.29, 0.717) is 5.56 Å². The highest BCUT2D eigenvalue weighted by Gasteiger charge is 2.32. The van der Waals surface area contributed by atoms with Crippen LogP contribution >= 0.6 is 0 Å². The highest BCUT2D eigenvalue weighted by molar-refractivity contribution is 6.15. The highest BCUT2D eigenvalue weighted by atomic mass is 15.0. The second kappa shape index (κ2) is 24.0. The van der Waals surface area contributed by atoms with Gasteiger partial charge in [0.25, 0.3) is 0 Å². The van der Waals surface area contributed by atoms with Crippen LogP contribution < -0.4 is 0 Å². The molecule has 6 heteroatoms. The lowest BCUT2D eigenvalue weighted by molar-refractivity contribution is 1.18. The first-order valence-corrected chi connectivity index (χ1v) is 35.2. The van der Waals surface area contributed by atoms with Crippen molar-refractivity contribution >= 4 is 87.2 Å². The Morgan fingerprint density at radius 2 is 0.534 bits per heavy atom. The summed E-state index contributed by atoms with van der Waals surface area (Å²) in [5, 5.41) is 22.5. The van der Waals surface area contributed by atoms with Crippen molar-refractivity contribution in [2.45, 2.75) is 6.92 Å². The van der Waals surface area contributed by atoms with Crippen molar-refractivity contribution in [3.05, 3.63) is 369 Å². The highest BCUT2D eigenvalue weighted by Crippen LogP contribution is 2.55. The molecule has 15 aromatic carbocycles. The molecule has 0 radical (unpaired) electrons. The molecule has 480 valence electrons. The van der Waals surface area contributed by atoms with E-state index in [-0.39, 0.29) is 0 Å². The van der Waals surface area contributed by atoms with Gasteiger partial charge < -0.3 is 18.3 Å². The summed E-state index contributed by atoms with van der Waals surface area (Å²) >= 11 is 0. The molecule has 0 atom stereocenters. The number of nitrogens with zero attached hydrogens (tertiary/aromatic N) is 6. The molecule has 0 aliphatic carbocycles. The SMILES string of the molecule is Cc1ccc2c(c1)c1ccccc1n2-c1ccc(-c2c(-c3ccc(-c4ccccc4)nc3-c3ccccc3)c(C#N)c(-c3ccc(-n4c5ccccc5c5ccccc54)cc3)c(-c3ccc(-n4c5ccccc5c5ccccc54)cc3)c2-c2ccc(-n3c4ccccc4c4ccccc43)cc2)cc1. The zero-order chi connectivity index (χ0) is 68.2. The van der Waals surface area contributed by atoms with E-state index in [2.05, 4.69) is 383 Å². The molecule has 0 aliphatic heterocycles. The van der Waals surface area contributed by atoms with Crippen LogP contribution in [-0.2, 0) is 0 Å². The summed E-state index contributed by atoms with van der Waals surface area (Å²) in [5.41, 5.74) is 27.4. The molecule has 0 amide bonds. The standard InChI is InChI=1S/C97H62N6/c1-62-40-59-91-81(60-62)79-32-14-21-39-90(79)103(91)72-55-47-67(48-56-72)95-94(66-45-53-71(54-46-66)102-88-37-19-12-30-77(88)78-31-13-20-38-89(78)102)93(65-43-51-70(52-44-65)101-86-35-17-10-28-75(86)76-29-11-18-36-87(76)101)92(64-41-49-69(50-42-64)100-84-33-15-8-26-73(84)74-27-9-16-34-85(74)100)82(61-98)96(95)80-57-58-83(63-22-4-2-5-23-63)99-97(80)68-24-6-3-7-25-68/h2-60H,1H3. The summed E-state index contributed by atoms with van der Waals surface area (Å²) in [4.78, 5) is 5.73. The monoisotopic (exact) mass is 1310 g/mol. The molecule has 0 aliphatic rings. The number of benzene rings is 15. The van der Waals surface area contributed by atoms with Crippen LogP contribution in [0.4, 0.5) is 0 Å². The van der Waals surface area contributed by atoms with Gasteiger partial charge in [0.15, 0.2) is 0 Å². The van der Waals surface area contributed by atoms with E-state index in [4.69, 9.17) is 4.98 Å². The molecule has 6 nitrogen and oxygen atoms in total. The van der Waals surface area contributed by atoms with E-state index in [1.165, 1.54) is 48.7 Å². The van der Waals surface area contributed by atoms with Crippen LogP contribution in [0.5, 0.6) is 0 Å². The quantitative estimate of drug-likeness (QED) is 0.130. The number of para-hydroxylation sites is 7. The molecule has 0 spiro atoms.